The lowest BCUT2D eigenvalue weighted by atomic mass is 10.0. The summed E-state index contributed by atoms with van der Waals surface area (Å²) in [6.07, 6.45) is 0.543. The maximum absolute atomic E-state index is 12.4. The maximum atomic E-state index is 12.4. The van der Waals surface area contributed by atoms with Gasteiger partial charge < -0.3 is 24.1 Å². The first-order valence-corrected chi connectivity index (χ1v) is 8.88. The number of rotatable bonds is 2. The van der Waals surface area contributed by atoms with Crippen molar-refractivity contribution in [2.45, 2.75) is 63.5 Å². The monoisotopic (exact) mass is 362 g/mol. The Labute approximate surface area is 153 Å². The highest BCUT2D eigenvalue weighted by molar-refractivity contribution is 5.76. The fourth-order valence-electron chi connectivity index (χ4n) is 2.94. The van der Waals surface area contributed by atoms with Gasteiger partial charge in [0, 0.05) is 5.56 Å². The van der Waals surface area contributed by atoms with Gasteiger partial charge in [0.1, 0.15) is 17.8 Å². The lowest BCUT2D eigenvalue weighted by Crippen LogP contribution is -2.50. The fraction of sp³-hybridized carbons (Fsp3) is 0.550. The van der Waals surface area contributed by atoms with Gasteiger partial charge in [0.05, 0.1) is 12.7 Å². The Morgan fingerprint density at radius 3 is 2.62 bits per heavy atom. The molecular formula is C20H26O6. The van der Waals surface area contributed by atoms with Gasteiger partial charge in [0.15, 0.2) is 12.4 Å². The van der Waals surface area contributed by atoms with Crippen molar-refractivity contribution in [2.75, 3.05) is 6.61 Å². The minimum absolute atomic E-state index is 0.251. The molecule has 5 atom stereocenters. The molecule has 0 saturated carbocycles. The van der Waals surface area contributed by atoms with Crippen LogP contribution in [0.25, 0.3) is 0 Å². The van der Waals surface area contributed by atoms with Gasteiger partial charge in [-0.3, -0.25) is 0 Å². The van der Waals surface area contributed by atoms with Crippen molar-refractivity contribution < 1.29 is 28.8 Å². The highest BCUT2D eigenvalue weighted by Crippen LogP contribution is 2.30. The zero-order valence-corrected chi connectivity index (χ0v) is 15.3. The molecule has 1 saturated heterocycles. The smallest absolute Gasteiger partial charge is 0.338 e. The van der Waals surface area contributed by atoms with Gasteiger partial charge in [0.2, 0.25) is 0 Å². The summed E-state index contributed by atoms with van der Waals surface area (Å²) in [5.41, 5.74) is 0.264. The van der Waals surface area contributed by atoms with Crippen molar-refractivity contribution in [1.29, 1.82) is 0 Å². The van der Waals surface area contributed by atoms with E-state index in [4.69, 9.17) is 18.9 Å². The van der Waals surface area contributed by atoms with Crippen LogP contribution >= 0.6 is 0 Å². The first kappa shape index (κ1) is 19.0. The average molecular weight is 362 g/mol. The van der Waals surface area contributed by atoms with Gasteiger partial charge in [-0.2, -0.15) is 0 Å². The molecule has 0 aliphatic carbocycles. The highest BCUT2D eigenvalue weighted by Gasteiger charge is 2.40. The van der Waals surface area contributed by atoms with E-state index in [1.54, 1.807) is 20.8 Å². The lowest BCUT2D eigenvalue weighted by Gasteiger charge is -2.38. The third-order valence-electron chi connectivity index (χ3n) is 4.14. The van der Waals surface area contributed by atoms with E-state index in [1.807, 2.05) is 42.5 Å². The van der Waals surface area contributed by atoms with E-state index < -0.39 is 36.2 Å². The van der Waals surface area contributed by atoms with Gasteiger partial charge in [-0.25, -0.2) is 4.79 Å². The first-order chi connectivity index (χ1) is 12.3. The van der Waals surface area contributed by atoms with Crippen molar-refractivity contribution in [1.82, 2.24) is 0 Å². The van der Waals surface area contributed by atoms with Gasteiger partial charge in [-0.05, 0) is 27.2 Å². The van der Waals surface area contributed by atoms with Crippen molar-refractivity contribution in [3.05, 3.63) is 48.0 Å². The number of carbonyl (C=O) groups excluding carboxylic acids is 1. The summed E-state index contributed by atoms with van der Waals surface area (Å²) in [7, 11) is 0. The normalized spacial score (nSPS) is 33.5. The molecule has 1 aromatic carbocycles. The zero-order chi connectivity index (χ0) is 18.7. The fourth-order valence-corrected chi connectivity index (χ4v) is 2.94. The van der Waals surface area contributed by atoms with E-state index >= 15 is 0 Å². The van der Waals surface area contributed by atoms with Gasteiger partial charge in [-0.15, -0.1) is 0 Å². The summed E-state index contributed by atoms with van der Waals surface area (Å²) in [6, 6.07) is 9.65. The molecule has 0 bridgehead atoms. The average Bonchev–Trinajstić information content (AvgIpc) is 2.57. The predicted molar refractivity (Wildman–Crippen MR) is 94.3 cm³/mol. The predicted octanol–water partition coefficient (Wildman–Crippen LogP) is 2.52. The van der Waals surface area contributed by atoms with Crippen LogP contribution in [0.3, 0.4) is 0 Å². The molecule has 2 aliphatic heterocycles. The maximum Gasteiger partial charge on any atom is 0.338 e. The van der Waals surface area contributed by atoms with Crippen molar-refractivity contribution in [3.63, 3.8) is 0 Å². The molecule has 142 valence electrons. The molecule has 2 heterocycles. The zero-order valence-electron chi connectivity index (χ0n) is 15.3. The quantitative estimate of drug-likeness (QED) is 0.644. The van der Waals surface area contributed by atoms with Crippen LogP contribution in [0.15, 0.2) is 42.5 Å². The van der Waals surface area contributed by atoms with E-state index in [2.05, 4.69) is 0 Å². The number of fused-ring (bicyclic) bond motifs is 1. The van der Waals surface area contributed by atoms with Crippen molar-refractivity contribution in [3.8, 4) is 0 Å². The molecular weight excluding hydrogens is 336 g/mol. The molecule has 0 radical (unpaired) electrons. The third kappa shape index (κ3) is 4.71. The van der Waals surface area contributed by atoms with E-state index in [0.29, 0.717) is 0 Å². The van der Waals surface area contributed by atoms with E-state index in [-0.39, 0.29) is 19.1 Å². The third-order valence-corrected chi connectivity index (χ3v) is 4.14. The molecule has 1 fully saturated rings. The molecule has 26 heavy (non-hydrogen) atoms. The summed E-state index contributed by atoms with van der Waals surface area (Å²) < 4.78 is 23.0. The van der Waals surface area contributed by atoms with E-state index in [1.165, 1.54) is 0 Å². The second-order valence-electron chi connectivity index (χ2n) is 7.54. The molecule has 0 amide bonds. The molecule has 3 rings (SSSR count). The Balaban J connectivity index is 1.72. The van der Waals surface area contributed by atoms with Crippen molar-refractivity contribution >= 4 is 5.97 Å². The Hall–Kier alpha value is -1.73. The van der Waals surface area contributed by atoms with Crippen LogP contribution in [0, 0.1) is 0 Å². The van der Waals surface area contributed by atoms with Gasteiger partial charge in [0.25, 0.3) is 0 Å². The summed E-state index contributed by atoms with van der Waals surface area (Å²) in [6.45, 7) is 5.58. The van der Waals surface area contributed by atoms with Crippen LogP contribution in [0.4, 0.5) is 0 Å². The Morgan fingerprint density at radius 2 is 1.92 bits per heavy atom. The standard InChI is InChI=1S/C20H26O6/c1-20(2,3)26-18(22)17-14(21)10-7-11-15-16(24-17)12-23-19(25-15)13-8-5-4-6-9-13/h4-9,11,14-17,19,21H,10,12H2,1-3H3/b11-7-/t14-,15-,16+,17+,19+/m0/s1. The van der Waals surface area contributed by atoms with Crippen LogP contribution in [-0.2, 0) is 23.7 Å². The SMILES string of the molecule is CC(C)(C)OC(=O)[C@@H]1O[C@@H]2CO[C@@H](c3ccccc3)O[C@H]2/C=C\C[C@@H]1O. The van der Waals surface area contributed by atoms with Crippen LogP contribution < -0.4 is 0 Å². The first-order valence-electron chi connectivity index (χ1n) is 8.88. The van der Waals surface area contributed by atoms with Crippen LogP contribution in [0.2, 0.25) is 0 Å². The minimum Gasteiger partial charge on any atom is -0.458 e. The number of ether oxygens (including phenoxy) is 4. The number of hydrogen-bond acceptors (Lipinski definition) is 6. The van der Waals surface area contributed by atoms with E-state index in [9.17, 15) is 9.90 Å². The molecule has 2 aliphatic rings. The molecule has 6 nitrogen and oxygen atoms in total. The number of esters is 1. The summed E-state index contributed by atoms with van der Waals surface area (Å²) in [5.74, 6) is -0.579. The number of hydrogen-bond donors (Lipinski definition) is 1. The van der Waals surface area contributed by atoms with Crippen LogP contribution in [0.5, 0.6) is 0 Å². The summed E-state index contributed by atoms with van der Waals surface area (Å²) >= 11 is 0. The Kier molecular flexibility index (Phi) is 5.77. The number of aliphatic hydroxyl groups is 1. The second kappa shape index (κ2) is 7.88. The van der Waals surface area contributed by atoms with Crippen LogP contribution in [0.1, 0.15) is 39.0 Å². The largest absolute Gasteiger partial charge is 0.458 e. The van der Waals surface area contributed by atoms with Crippen LogP contribution in [-0.4, -0.2) is 47.7 Å². The molecule has 1 aromatic rings. The number of carbonyl (C=O) groups is 1. The molecule has 0 unspecified atom stereocenters. The number of benzene rings is 1. The molecule has 0 spiro atoms. The van der Waals surface area contributed by atoms with E-state index in [0.717, 1.165) is 5.56 Å². The summed E-state index contributed by atoms with van der Waals surface area (Å²) in [5, 5.41) is 10.3. The number of aliphatic hydroxyl groups excluding tert-OH is 1. The Bertz CT molecular complexity index is 635. The lowest BCUT2D eigenvalue weighted by molar-refractivity contribution is -0.268. The molecule has 1 N–H and O–H groups in total. The van der Waals surface area contributed by atoms with Gasteiger partial charge in [-0.1, -0.05) is 42.5 Å². The Morgan fingerprint density at radius 1 is 1.19 bits per heavy atom. The highest BCUT2D eigenvalue weighted by atomic mass is 16.7. The second-order valence-corrected chi connectivity index (χ2v) is 7.54. The van der Waals surface area contributed by atoms with Gasteiger partial charge >= 0.3 is 5.97 Å². The minimum atomic E-state index is -1.08. The van der Waals surface area contributed by atoms with Crippen molar-refractivity contribution in [2.24, 2.45) is 0 Å². The molecule has 6 heteroatoms. The summed E-state index contributed by atoms with van der Waals surface area (Å²) in [4.78, 5) is 12.4. The molecule has 0 aromatic heterocycles. The topological polar surface area (TPSA) is 74.2 Å².